The molecule has 3 aromatic rings. The molecule has 20 heavy (non-hydrogen) atoms. The molecule has 100 valence electrons. The average molecular weight is 305 g/mol. The second-order valence-electron chi connectivity index (χ2n) is 4.24. The van der Waals surface area contributed by atoms with E-state index in [9.17, 15) is 0 Å². The number of benzene rings is 2. The molecule has 0 atom stereocenters. The molecule has 0 amide bonds. The van der Waals surface area contributed by atoms with E-state index in [4.69, 9.17) is 33.7 Å². The zero-order chi connectivity index (χ0) is 14.1. The molecular formula is C15H10Cl2N2O. The fraction of sp³-hybridized carbons (Fsp3) is 0. The third kappa shape index (κ3) is 2.38. The zero-order valence-electron chi connectivity index (χ0n) is 10.3. The quantitative estimate of drug-likeness (QED) is 0.684. The van der Waals surface area contributed by atoms with Gasteiger partial charge in [-0.25, -0.2) is 0 Å². The van der Waals surface area contributed by atoms with Crippen molar-refractivity contribution in [2.75, 3.05) is 5.73 Å². The van der Waals surface area contributed by atoms with Gasteiger partial charge in [-0.1, -0.05) is 23.2 Å². The fourth-order valence-electron chi connectivity index (χ4n) is 1.91. The molecule has 0 saturated heterocycles. The number of anilines is 1. The van der Waals surface area contributed by atoms with Gasteiger partial charge in [0.1, 0.15) is 11.3 Å². The molecule has 0 unspecified atom stereocenters. The minimum atomic E-state index is 0.448. The third-order valence-corrected chi connectivity index (χ3v) is 3.48. The summed E-state index contributed by atoms with van der Waals surface area (Å²) >= 11 is 12.3. The summed E-state index contributed by atoms with van der Waals surface area (Å²) in [5.74, 6) is 1.12. The van der Waals surface area contributed by atoms with Crippen LogP contribution in [0.2, 0.25) is 10.0 Å². The first-order valence-corrected chi connectivity index (χ1v) is 6.67. The molecule has 0 fully saturated rings. The van der Waals surface area contributed by atoms with Gasteiger partial charge in [-0.05, 0) is 42.5 Å². The molecule has 3 rings (SSSR count). The van der Waals surface area contributed by atoms with Crippen molar-refractivity contribution in [3.63, 3.8) is 0 Å². The zero-order valence-corrected chi connectivity index (χ0v) is 11.8. The van der Waals surface area contributed by atoms with Crippen LogP contribution in [-0.2, 0) is 0 Å². The van der Waals surface area contributed by atoms with Crippen molar-refractivity contribution < 1.29 is 4.74 Å². The van der Waals surface area contributed by atoms with Gasteiger partial charge in [-0.3, -0.25) is 4.98 Å². The van der Waals surface area contributed by atoms with Gasteiger partial charge in [0.05, 0.1) is 10.0 Å². The Morgan fingerprint density at radius 1 is 0.950 bits per heavy atom. The first-order valence-electron chi connectivity index (χ1n) is 5.91. The highest BCUT2D eigenvalue weighted by molar-refractivity contribution is 6.35. The van der Waals surface area contributed by atoms with Gasteiger partial charge in [0.15, 0.2) is 5.75 Å². The number of hydrogen-bond acceptors (Lipinski definition) is 3. The summed E-state index contributed by atoms with van der Waals surface area (Å²) in [5, 5.41) is 1.91. The Kier molecular flexibility index (Phi) is 3.38. The number of halogens is 2. The van der Waals surface area contributed by atoms with Crippen LogP contribution in [0.1, 0.15) is 0 Å². The largest absolute Gasteiger partial charge is 0.454 e. The highest BCUT2D eigenvalue weighted by Crippen LogP contribution is 2.35. The fourth-order valence-corrected chi connectivity index (χ4v) is 2.36. The van der Waals surface area contributed by atoms with Crippen molar-refractivity contribution >= 4 is 39.8 Å². The van der Waals surface area contributed by atoms with Crippen LogP contribution in [0.3, 0.4) is 0 Å². The van der Waals surface area contributed by atoms with Crippen molar-refractivity contribution in [3.8, 4) is 11.5 Å². The molecular weight excluding hydrogens is 295 g/mol. The Balaban J connectivity index is 2.09. The molecule has 5 heteroatoms. The van der Waals surface area contributed by atoms with Crippen LogP contribution in [0.25, 0.3) is 10.9 Å². The lowest BCUT2D eigenvalue weighted by molar-refractivity contribution is 0.487. The molecule has 1 aromatic heterocycles. The van der Waals surface area contributed by atoms with E-state index in [0.29, 0.717) is 32.7 Å². The summed E-state index contributed by atoms with van der Waals surface area (Å²) in [7, 11) is 0. The van der Waals surface area contributed by atoms with Gasteiger partial charge in [0.2, 0.25) is 0 Å². The summed E-state index contributed by atoms with van der Waals surface area (Å²) in [5.41, 5.74) is 6.93. The number of nitrogen functional groups attached to an aromatic ring is 1. The van der Waals surface area contributed by atoms with E-state index >= 15 is 0 Å². The number of rotatable bonds is 2. The van der Waals surface area contributed by atoms with Gasteiger partial charge >= 0.3 is 0 Å². The maximum atomic E-state index is 6.15. The summed E-state index contributed by atoms with van der Waals surface area (Å²) < 4.78 is 5.82. The minimum absolute atomic E-state index is 0.448. The summed E-state index contributed by atoms with van der Waals surface area (Å²) in [6.07, 6.45) is 1.69. The van der Waals surface area contributed by atoms with Gasteiger partial charge in [-0.15, -0.1) is 0 Å². The maximum absolute atomic E-state index is 6.15. The van der Waals surface area contributed by atoms with Gasteiger partial charge in [0, 0.05) is 17.3 Å². The minimum Gasteiger partial charge on any atom is -0.454 e. The maximum Gasteiger partial charge on any atom is 0.153 e. The molecule has 1 heterocycles. The predicted molar refractivity (Wildman–Crippen MR) is 82.7 cm³/mol. The molecule has 0 aliphatic rings. The predicted octanol–water partition coefficient (Wildman–Crippen LogP) is 4.92. The van der Waals surface area contributed by atoms with Crippen molar-refractivity contribution in [1.82, 2.24) is 4.98 Å². The second-order valence-corrected chi connectivity index (χ2v) is 5.05. The number of nitrogens with two attached hydrogens (primary N) is 1. The normalized spacial score (nSPS) is 10.7. The first kappa shape index (κ1) is 13.0. The van der Waals surface area contributed by atoms with Gasteiger partial charge in [-0.2, -0.15) is 0 Å². The summed E-state index contributed by atoms with van der Waals surface area (Å²) in [6.45, 7) is 0. The van der Waals surface area contributed by atoms with Crippen molar-refractivity contribution in [2.45, 2.75) is 0 Å². The highest BCUT2D eigenvalue weighted by atomic mass is 35.5. The topological polar surface area (TPSA) is 48.1 Å². The Hall–Kier alpha value is -1.97. The molecule has 0 spiro atoms. The number of hydrogen-bond donors (Lipinski definition) is 1. The molecule has 2 aromatic carbocycles. The van der Waals surface area contributed by atoms with E-state index in [-0.39, 0.29) is 0 Å². The number of pyridine rings is 1. The summed E-state index contributed by atoms with van der Waals surface area (Å²) in [6, 6.07) is 12.4. The van der Waals surface area contributed by atoms with Crippen molar-refractivity contribution in [1.29, 1.82) is 0 Å². The Bertz CT molecular complexity index is 790. The van der Waals surface area contributed by atoms with Gasteiger partial charge < -0.3 is 10.5 Å². The van der Waals surface area contributed by atoms with Crippen molar-refractivity contribution in [2.24, 2.45) is 0 Å². The molecule has 3 nitrogen and oxygen atoms in total. The number of nitrogens with zero attached hydrogens (tertiary/aromatic N) is 1. The van der Waals surface area contributed by atoms with E-state index in [1.165, 1.54) is 0 Å². The molecule has 0 aliphatic heterocycles. The molecule has 0 bridgehead atoms. The molecule has 0 saturated carbocycles. The monoisotopic (exact) mass is 304 g/mol. The lowest BCUT2D eigenvalue weighted by atomic mass is 10.2. The van der Waals surface area contributed by atoms with Crippen LogP contribution in [-0.4, -0.2) is 4.98 Å². The Labute approximate surface area is 125 Å². The van der Waals surface area contributed by atoms with E-state index in [1.54, 1.807) is 36.5 Å². The molecule has 2 N–H and O–H groups in total. The number of aromatic nitrogens is 1. The van der Waals surface area contributed by atoms with Crippen LogP contribution >= 0.6 is 23.2 Å². The number of ether oxygens (including phenoxy) is 1. The lowest BCUT2D eigenvalue weighted by Crippen LogP contribution is -1.91. The van der Waals surface area contributed by atoms with E-state index < -0.39 is 0 Å². The molecule has 0 aliphatic carbocycles. The van der Waals surface area contributed by atoms with Crippen LogP contribution < -0.4 is 10.5 Å². The van der Waals surface area contributed by atoms with E-state index in [0.717, 1.165) is 5.39 Å². The third-order valence-electron chi connectivity index (χ3n) is 2.86. The summed E-state index contributed by atoms with van der Waals surface area (Å²) in [4.78, 5) is 4.31. The first-order chi connectivity index (χ1) is 9.65. The Morgan fingerprint density at radius 3 is 2.55 bits per heavy atom. The molecule has 0 radical (unpaired) electrons. The second kappa shape index (κ2) is 5.19. The average Bonchev–Trinajstić information content (AvgIpc) is 2.45. The van der Waals surface area contributed by atoms with Crippen LogP contribution in [0.4, 0.5) is 5.69 Å². The van der Waals surface area contributed by atoms with Crippen molar-refractivity contribution in [3.05, 3.63) is 58.7 Å². The Morgan fingerprint density at radius 2 is 1.75 bits per heavy atom. The van der Waals surface area contributed by atoms with Gasteiger partial charge in [0.25, 0.3) is 0 Å². The number of fused-ring (bicyclic) bond motifs is 1. The lowest BCUT2D eigenvalue weighted by Gasteiger charge is -2.10. The van der Waals surface area contributed by atoms with E-state index in [2.05, 4.69) is 4.98 Å². The highest BCUT2D eigenvalue weighted by Gasteiger charge is 2.09. The van der Waals surface area contributed by atoms with Crippen LogP contribution in [0, 0.1) is 0 Å². The standard InChI is InChI=1S/C15H10Cl2N2O/c16-11-4-6-14(15-10(11)2-1-7-19-15)20-13-5-3-9(18)8-12(13)17/h1-8H,18H2. The SMILES string of the molecule is Nc1ccc(Oc2ccc(Cl)c3cccnc23)c(Cl)c1. The van der Waals surface area contributed by atoms with Crippen LogP contribution in [0.15, 0.2) is 48.7 Å². The smallest absolute Gasteiger partial charge is 0.153 e. The van der Waals surface area contributed by atoms with E-state index in [1.807, 2.05) is 12.1 Å². The van der Waals surface area contributed by atoms with Crippen LogP contribution in [0.5, 0.6) is 11.5 Å².